The predicted molar refractivity (Wildman–Crippen MR) is 121 cm³/mol. The Hall–Kier alpha value is -3.11. The van der Waals surface area contributed by atoms with E-state index < -0.39 is 0 Å². The quantitative estimate of drug-likeness (QED) is 0.355. The first-order valence-corrected chi connectivity index (χ1v) is 11.2. The van der Waals surface area contributed by atoms with Crippen molar-refractivity contribution < 1.29 is 19.1 Å². The molecule has 0 aliphatic rings. The predicted octanol–water partition coefficient (Wildman–Crippen LogP) is 3.26. The van der Waals surface area contributed by atoms with Gasteiger partial charge in [0.15, 0.2) is 4.34 Å². The Morgan fingerprint density at radius 2 is 1.87 bits per heavy atom. The van der Waals surface area contributed by atoms with Crippen LogP contribution in [0, 0.1) is 0 Å². The lowest BCUT2D eigenvalue weighted by atomic mass is 10.1. The van der Waals surface area contributed by atoms with Gasteiger partial charge >= 0.3 is 0 Å². The van der Waals surface area contributed by atoms with Gasteiger partial charge in [-0.05, 0) is 24.1 Å². The van der Waals surface area contributed by atoms with Gasteiger partial charge in [0.1, 0.15) is 11.5 Å². The van der Waals surface area contributed by atoms with Crippen LogP contribution < -0.4 is 20.1 Å². The summed E-state index contributed by atoms with van der Waals surface area (Å²) in [5, 5.41) is 13.9. The van der Waals surface area contributed by atoms with Crippen molar-refractivity contribution >= 4 is 40.0 Å². The van der Waals surface area contributed by atoms with E-state index in [1.807, 2.05) is 30.3 Å². The third-order valence-electron chi connectivity index (χ3n) is 4.19. The van der Waals surface area contributed by atoms with E-state index in [1.54, 1.807) is 25.3 Å². The van der Waals surface area contributed by atoms with Gasteiger partial charge in [-0.3, -0.25) is 14.9 Å². The zero-order valence-corrected chi connectivity index (χ0v) is 18.7. The van der Waals surface area contributed by atoms with Gasteiger partial charge in [-0.1, -0.05) is 53.4 Å². The fourth-order valence-electron chi connectivity index (χ4n) is 2.64. The number of amides is 2. The summed E-state index contributed by atoms with van der Waals surface area (Å²) >= 11 is 2.47. The maximum atomic E-state index is 12.5. The monoisotopic (exact) mass is 458 g/mol. The number of ether oxygens (including phenoxy) is 2. The molecule has 0 saturated heterocycles. The van der Waals surface area contributed by atoms with Crippen LogP contribution in [-0.4, -0.2) is 48.5 Å². The number of carbonyl (C=O) groups excluding carboxylic acids is 2. The Kier molecular flexibility index (Phi) is 8.25. The zero-order chi connectivity index (χ0) is 22.1. The minimum absolute atomic E-state index is 0.0790. The molecule has 0 saturated carbocycles. The highest BCUT2D eigenvalue weighted by atomic mass is 32.2. The van der Waals surface area contributed by atoms with E-state index in [0.717, 1.165) is 6.42 Å². The summed E-state index contributed by atoms with van der Waals surface area (Å²) in [5.41, 5.74) is 1.53. The number of rotatable bonds is 10. The standard InChI is InChI=1S/C21H22N4O4S2/c1-28-15-8-9-16(17(12-15)29-2)19(27)23-20-24-25-21(31-20)30-13-18(26)22-11-10-14-6-4-3-5-7-14/h3-9,12H,10-11,13H2,1-2H3,(H,22,26)(H,23,24,27). The van der Waals surface area contributed by atoms with Crippen molar-refractivity contribution in [1.29, 1.82) is 0 Å². The number of methoxy groups -OCH3 is 2. The Bertz CT molecular complexity index is 1030. The molecular formula is C21H22N4O4S2. The second-order valence-corrected chi connectivity index (χ2v) is 8.47. The lowest BCUT2D eigenvalue weighted by Crippen LogP contribution is -2.27. The minimum atomic E-state index is -0.370. The Morgan fingerprint density at radius 1 is 1.06 bits per heavy atom. The molecule has 8 nitrogen and oxygen atoms in total. The van der Waals surface area contributed by atoms with Crippen molar-refractivity contribution in [2.75, 3.05) is 31.8 Å². The second kappa shape index (κ2) is 11.3. The summed E-state index contributed by atoms with van der Waals surface area (Å²) in [4.78, 5) is 24.6. The number of hydrogen-bond acceptors (Lipinski definition) is 8. The van der Waals surface area contributed by atoms with Gasteiger partial charge in [-0.25, -0.2) is 0 Å². The van der Waals surface area contributed by atoms with Crippen LogP contribution >= 0.6 is 23.1 Å². The molecule has 2 amide bonds. The van der Waals surface area contributed by atoms with Gasteiger partial charge in [0.25, 0.3) is 5.91 Å². The molecule has 0 spiro atoms. The molecule has 0 aliphatic heterocycles. The molecule has 162 valence electrons. The highest BCUT2D eigenvalue weighted by Gasteiger charge is 2.16. The molecule has 0 fully saturated rings. The molecule has 2 N–H and O–H groups in total. The first-order chi connectivity index (χ1) is 15.1. The molecule has 1 aromatic heterocycles. The molecular weight excluding hydrogens is 436 g/mol. The SMILES string of the molecule is COc1ccc(C(=O)Nc2nnc(SCC(=O)NCCc3ccccc3)s2)c(OC)c1. The fourth-order valence-corrected chi connectivity index (χ4v) is 4.22. The number of hydrogen-bond donors (Lipinski definition) is 2. The molecule has 3 rings (SSSR count). The van der Waals surface area contributed by atoms with E-state index in [9.17, 15) is 9.59 Å². The van der Waals surface area contributed by atoms with E-state index in [1.165, 1.54) is 35.8 Å². The third-order valence-corrected chi connectivity index (χ3v) is 6.16. The third kappa shape index (κ3) is 6.69. The summed E-state index contributed by atoms with van der Waals surface area (Å²) in [7, 11) is 3.02. The number of nitrogens with one attached hydrogen (secondary N) is 2. The summed E-state index contributed by atoms with van der Waals surface area (Å²) < 4.78 is 11.0. The summed E-state index contributed by atoms with van der Waals surface area (Å²) in [6.45, 7) is 0.574. The van der Waals surface area contributed by atoms with Gasteiger partial charge < -0.3 is 14.8 Å². The maximum absolute atomic E-state index is 12.5. The number of carbonyl (C=O) groups is 2. The Labute approximate surface area is 188 Å². The van der Waals surface area contributed by atoms with Crippen LogP contribution in [0.5, 0.6) is 11.5 Å². The van der Waals surface area contributed by atoms with Crippen LogP contribution in [0.4, 0.5) is 5.13 Å². The van der Waals surface area contributed by atoms with Crippen LogP contribution in [-0.2, 0) is 11.2 Å². The molecule has 31 heavy (non-hydrogen) atoms. The summed E-state index contributed by atoms with van der Waals surface area (Å²) in [6.07, 6.45) is 0.779. The van der Waals surface area contributed by atoms with Crippen LogP contribution in [0.25, 0.3) is 0 Å². The van der Waals surface area contributed by atoms with Crippen LogP contribution in [0.3, 0.4) is 0 Å². The van der Waals surface area contributed by atoms with E-state index in [4.69, 9.17) is 9.47 Å². The second-order valence-electron chi connectivity index (χ2n) is 6.27. The molecule has 3 aromatic rings. The summed E-state index contributed by atoms with van der Waals surface area (Å²) in [6, 6.07) is 14.9. The Balaban J connectivity index is 1.46. The lowest BCUT2D eigenvalue weighted by Gasteiger charge is -2.09. The number of anilines is 1. The first-order valence-electron chi connectivity index (χ1n) is 9.39. The molecule has 0 aliphatic carbocycles. The van der Waals surface area contributed by atoms with Gasteiger partial charge in [-0.15, -0.1) is 10.2 Å². The van der Waals surface area contributed by atoms with Crippen molar-refractivity contribution in [2.45, 2.75) is 10.8 Å². The highest BCUT2D eigenvalue weighted by Crippen LogP contribution is 2.28. The van der Waals surface area contributed by atoms with E-state index in [0.29, 0.717) is 33.1 Å². The molecule has 1 heterocycles. The average Bonchev–Trinajstić information content (AvgIpc) is 3.25. The van der Waals surface area contributed by atoms with Crippen LogP contribution in [0.15, 0.2) is 52.9 Å². The van der Waals surface area contributed by atoms with E-state index >= 15 is 0 Å². The zero-order valence-electron chi connectivity index (χ0n) is 17.1. The maximum Gasteiger partial charge on any atom is 0.261 e. The summed E-state index contributed by atoms with van der Waals surface area (Å²) in [5.74, 6) is 0.757. The number of benzene rings is 2. The first kappa shape index (κ1) is 22.6. The van der Waals surface area contributed by atoms with Crippen molar-refractivity contribution in [3.63, 3.8) is 0 Å². The largest absolute Gasteiger partial charge is 0.497 e. The number of nitrogens with zero attached hydrogens (tertiary/aromatic N) is 2. The number of thioether (sulfide) groups is 1. The van der Waals surface area contributed by atoms with Gasteiger partial charge in [0.05, 0.1) is 25.5 Å². The van der Waals surface area contributed by atoms with Gasteiger partial charge in [0.2, 0.25) is 11.0 Å². The van der Waals surface area contributed by atoms with Crippen molar-refractivity contribution in [1.82, 2.24) is 15.5 Å². The average molecular weight is 459 g/mol. The molecule has 0 radical (unpaired) electrons. The molecule has 0 atom stereocenters. The van der Waals surface area contributed by atoms with Crippen molar-refractivity contribution in [3.8, 4) is 11.5 Å². The van der Waals surface area contributed by atoms with Gasteiger partial charge in [0, 0.05) is 12.6 Å². The normalized spacial score (nSPS) is 10.4. The number of aromatic nitrogens is 2. The van der Waals surface area contributed by atoms with Gasteiger partial charge in [-0.2, -0.15) is 0 Å². The van der Waals surface area contributed by atoms with Crippen LogP contribution in [0.2, 0.25) is 0 Å². The topological polar surface area (TPSA) is 102 Å². The highest BCUT2D eigenvalue weighted by molar-refractivity contribution is 8.01. The Morgan fingerprint density at radius 3 is 2.61 bits per heavy atom. The molecule has 2 aromatic carbocycles. The minimum Gasteiger partial charge on any atom is -0.497 e. The van der Waals surface area contributed by atoms with Crippen LogP contribution in [0.1, 0.15) is 15.9 Å². The molecule has 0 bridgehead atoms. The van der Waals surface area contributed by atoms with E-state index in [2.05, 4.69) is 20.8 Å². The lowest BCUT2D eigenvalue weighted by molar-refractivity contribution is -0.118. The fraction of sp³-hybridized carbons (Fsp3) is 0.238. The van der Waals surface area contributed by atoms with Crippen molar-refractivity contribution in [2.24, 2.45) is 0 Å². The van der Waals surface area contributed by atoms with E-state index in [-0.39, 0.29) is 17.6 Å². The molecule has 0 unspecified atom stereocenters. The molecule has 10 heteroatoms. The van der Waals surface area contributed by atoms with Crippen molar-refractivity contribution in [3.05, 3.63) is 59.7 Å². The smallest absolute Gasteiger partial charge is 0.261 e.